The predicted octanol–water partition coefficient (Wildman–Crippen LogP) is 1.95. The van der Waals surface area contributed by atoms with Gasteiger partial charge in [0.05, 0.1) is 26.4 Å². The molecule has 2 saturated heterocycles. The molecule has 0 aromatic rings. The van der Waals surface area contributed by atoms with Gasteiger partial charge in [0.25, 0.3) is 0 Å². The van der Waals surface area contributed by atoms with E-state index in [1.807, 2.05) is 0 Å². The zero-order valence-corrected chi connectivity index (χ0v) is 10.2. The Morgan fingerprint density at radius 2 is 1.56 bits per heavy atom. The van der Waals surface area contributed by atoms with E-state index in [-0.39, 0.29) is 0 Å². The number of unbranched alkanes of at least 4 members (excludes halogenated alkanes) is 4. The van der Waals surface area contributed by atoms with Crippen LogP contribution in [0.5, 0.6) is 0 Å². The molecule has 0 atom stereocenters. The van der Waals surface area contributed by atoms with Crippen LogP contribution < -0.4 is 5.73 Å². The first-order valence-corrected chi connectivity index (χ1v) is 6.73. The van der Waals surface area contributed by atoms with Crippen LogP contribution in [0.1, 0.15) is 38.5 Å². The molecule has 2 N–H and O–H groups in total. The lowest BCUT2D eigenvalue weighted by atomic mass is 9.77. The molecular formula is C13H25NO2. The van der Waals surface area contributed by atoms with Crippen molar-refractivity contribution in [3.63, 3.8) is 0 Å². The SMILES string of the molecule is NCCCCCCCC12COCC1COC2. The summed E-state index contributed by atoms with van der Waals surface area (Å²) in [4.78, 5) is 0. The fourth-order valence-electron chi connectivity index (χ4n) is 2.99. The van der Waals surface area contributed by atoms with Gasteiger partial charge in [-0.1, -0.05) is 25.7 Å². The van der Waals surface area contributed by atoms with Crippen LogP contribution in [-0.4, -0.2) is 33.0 Å². The summed E-state index contributed by atoms with van der Waals surface area (Å²) in [6, 6.07) is 0. The van der Waals surface area contributed by atoms with E-state index in [2.05, 4.69) is 0 Å². The summed E-state index contributed by atoms with van der Waals surface area (Å²) in [7, 11) is 0. The van der Waals surface area contributed by atoms with E-state index in [1.54, 1.807) is 0 Å². The first-order valence-electron chi connectivity index (χ1n) is 6.73. The fourth-order valence-corrected chi connectivity index (χ4v) is 2.99. The zero-order chi connectivity index (χ0) is 11.3. The maximum atomic E-state index is 5.61. The Hall–Kier alpha value is -0.120. The van der Waals surface area contributed by atoms with Crippen molar-refractivity contribution in [1.29, 1.82) is 0 Å². The van der Waals surface area contributed by atoms with Crippen molar-refractivity contribution in [1.82, 2.24) is 0 Å². The standard InChI is InChI=1S/C13H25NO2/c14-7-5-3-1-2-4-6-13-10-15-8-12(13)9-16-11-13/h12H,1-11,14H2. The van der Waals surface area contributed by atoms with Gasteiger partial charge in [-0.2, -0.15) is 0 Å². The molecule has 2 aliphatic rings. The van der Waals surface area contributed by atoms with Gasteiger partial charge in [0.2, 0.25) is 0 Å². The molecule has 2 rings (SSSR count). The first kappa shape index (κ1) is 12.3. The number of ether oxygens (including phenoxy) is 2. The molecule has 0 aliphatic carbocycles. The number of rotatable bonds is 7. The molecule has 94 valence electrons. The summed E-state index contributed by atoms with van der Waals surface area (Å²) < 4.78 is 11.2. The Kier molecular flexibility index (Phi) is 4.62. The summed E-state index contributed by atoms with van der Waals surface area (Å²) in [5.74, 6) is 0.677. The van der Waals surface area contributed by atoms with E-state index in [1.165, 1.54) is 38.5 Å². The van der Waals surface area contributed by atoms with Crippen LogP contribution in [0, 0.1) is 11.3 Å². The van der Waals surface area contributed by atoms with Crippen LogP contribution in [-0.2, 0) is 9.47 Å². The van der Waals surface area contributed by atoms with Crippen LogP contribution in [0.4, 0.5) is 0 Å². The summed E-state index contributed by atoms with van der Waals surface area (Å²) in [5.41, 5.74) is 5.86. The Labute approximate surface area is 98.7 Å². The van der Waals surface area contributed by atoms with E-state index in [9.17, 15) is 0 Å². The molecule has 2 heterocycles. The molecule has 0 saturated carbocycles. The third-order valence-corrected chi connectivity index (χ3v) is 4.16. The van der Waals surface area contributed by atoms with Gasteiger partial charge in [0.1, 0.15) is 0 Å². The Morgan fingerprint density at radius 3 is 2.25 bits per heavy atom. The maximum absolute atomic E-state index is 5.61. The number of fused-ring (bicyclic) bond motifs is 1. The van der Waals surface area contributed by atoms with Crippen LogP contribution in [0.2, 0.25) is 0 Å². The van der Waals surface area contributed by atoms with Crippen LogP contribution in [0.25, 0.3) is 0 Å². The fraction of sp³-hybridized carbons (Fsp3) is 1.00. The summed E-state index contributed by atoms with van der Waals surface area (Å²) in [6.45, 7) is 4.55. The Bertz CT molecular complexity index is 198. The van der Waals surface area contributed by atoms with Gasteiger partial charge in [-0.15, -0.1) is 0 Å². The van der Waals surface area contributed by atoms with Crippen LogP contribution in [0.15, 0.2) is 0 Å². The lowest BCUT2D eigenvalue weighted by Gasteiger charge is -2.24. The highest BCUT2D eigenvalue weighted by atomic mass is 16.5. The van der Waals surface area contributed by atoms with Gasteiger partial charge in [-0.3, -0.25) is 0 Å². The van der Waals surface area contributed by atoms with Crippen molar-refractivity contribution in [2.75, 3.05) is 33.0 Å². The van der Waals surface area contributed by atoms with E-state index < -0.39 is 0 Å². The second kappa shape index (κ2) is 5.99. The van der Waals surface area contributed by atoms with Crippen molar-refractivity contribution >= 4 is 0 Å². The minimum Gasteiger partial charge on any atom is -0.380 e. The average Bonchev–Trinajstić information content (AvgIpc) is 2.82. The monoisotopic (exact) mass is 227 g/mol. The van der Waals surface area contributed by atoms with Gasteiger partial charge in [0.15, 0.2) is 0 Å². The molecule has 0 spiro atoms. The second-order valence-corrected chi connectivity index (χ2v) is 5.40. The topological polar surface area (TPSA) is 44.5 Å². The minimum atomic E-state index is 0.383. The van der Waals surface area contributed by atoms with Crippen molar-refractivity contribution in [2.24, 2.45) is 17.1 Å². The smallest absolute Gasteiger partial charge is 0.0549 e. The molecule has 16 heavy (non-hydrogen) atoms. The Balaban J connectivity index is 1.61. The first-order chi connectivity index (χ1) is 7.87. The molecule has 0 amide bonds. The molecule has 0 bridgehead atoms. The summed E-state index contributed by atoms with van der Waals surface area (Å²) >= 11 is 0. The average molecular weight is 227 g/mol. The van der Waals surface area contributed by atoms with Gasteiger partial charge in [-0.25, -0.2) is 0 Å². The largest absolute Gasteiger partial charge is 0.380 e. The van der Waals surface area contributed by atoms with E-state index in [0.29, 0.717) is 11.3 Å². The molecule has 3 heteroatoms. The maximum Gasteiger partial charge on any atom is 0.0549 e. The lowest BCUT2D eigenvalue weighted by Crippen LogP contribution is -2.28. The normalized spacial score (nSPS) is 33.2. The molecule has 0 aromatic carbocycles. The van der Waals surface area contributed by atoms with Crippen molar-refractivity contribution in [3.05, 3.63) is 0 Å². The molecular weight excluding hydrogens is 202 g/mol. The molecule has 2 fully saturated rings. The molecule has 0 unspecified atom stereocenters. The van der Waals surface area contributed by atoms with E-state index in [4.69, 9.17) is 15.2 Å². The van der Waals surface area contributed by atoms with E-state index in [0.717, 1.165) is 33.0 Å². The van der Waals surface area contributed by atoms with Gasteiger partial charge in [-0.05, 0) is 19.4 Å². The lowest BCUT2D eigenvalue weighted by molar-refractivity contribution is 0.0779. The minimum absolute atomic E-state index is 0.383. The van der Waals surface area contributed by atoms with Gasteiger partial charge >= 0.3 is 0 Å². The zero-order valence-electron chi connectivity index (χ0n) is 10.2. The molecule has 0 radical (unpaired) electrons. The summed E-state index contributed by atoms with van der Waals surface area (Å²) in [5, 5.41) is 0. The van der Waals surface area contributed by atoms with E-state index >= 15 is 0 Å². The predicted molar refractivity (Wildman–Crippen MR) is 64.3 cm³/mol. The third-order valence-electron chi connectivity index (χ3n) is 4.16. The van der Waals surface area contributed by atoms with Gasteiger partial charge < -0.3 is 15.2 Å². The summed E-state index contributed by atoms with van der Waals surface area (Å²) in [6.07, 6.45) is 7.77. The highest BCUT2D eigenvalue weighted by Crippen LogP contribution is 2.43. The molecule has 2 aliphatic heterocycles. The van der Waals surface area contributed by atoms with Gasteiger partial charge in [0, 0.05) is 11.3 Å². The highest BCUT2D eigenvalue weighted by molar-refractivity contribution is 4.94. The van der Waals surface area contributed by atoms with Crippen LogP contribution >= 0.6 is 0 Å². The third kappa shape index (κ3) is 2.76. The quantitative estimate of drug-likeness (QED) is 0.676. The highest BCUT2D eigenvalue weighted by Gasteiger charge is 2.47. The molecule has 3 nitrogen and oxygen atoms in total. The van der Waals surface area contributed by atoms with Crippen molar-refractivity contribution in [2.45, 2.75) is 38.5 Å². The second-order valence-electron chi connectivity index (χ2n) is 5.40. The van der Waals surface area contributed by atoms with Crippen LogP contribution in [0.3, 0.4) is 0 Å². The molecule has 0 aromatic heterocycles. The van der Waals surface area contributed by atoms with Crippen molar-refractivity contribution < 1.29 is 9.47 Å². The number of nitrogens with two attached hydrogens (primary N) is 1. The Morgan fingerprint density at radius 1 is 0.938 bits per heavy atom. The number of hydrogen-bond acceptors (Lipinski definition) is 3. The number of hydrogen-bond donors (Lipinski definition) is 1. The van der Waals surface area contributed by atoms with Crippen molar-refractivity contribution in [3.8, 4) is 0 Å².